The Bertz CT molecular complexity index is 4800. The van der Waals surface area contributed by atoms with Crippen LogP contribution in [0.25, 0.3) is 136 Å². The van der Waals surface area contributed by atoms with Gasteiger partial charge in [-0.2, -0.15) is 15.8 Å². The molecule has 0 saturated heterocycles. The van der Waals surface area contributed by atoms with E-state index in [0.717, 1.165) is 122 Å². The zero-order valence-corrected chi connectivity index (χ0v) is 43.4. The Hall–Kier alpha value is -12.0. The smallest absolute Gasteiger partial charge is 0.195 e. The summed E-state index contributed by atoms with van der Waals surface area (Å²) < 4.78 is 4.53. The van der Waals surface area contributed by atoms with E-state index in [1.807, 2.05) is 140 Å². The number of benzene rings is 11. The maximum atomic E-state index is 11.5. The van der Waals surface area contributed by atoms with Crippen molar-refractivity contribution in [3.63, 3.8) is 0 Å². The molecule has 8 heteroatoms. The van der Waals surface area contributed by atoms with E-state index in [4.69, 9.17) is 19.7 Å². The van der Waals surface area contributed by atoms with Gasteiger partial charge in [-0.25, -0.2) is 14.5 Å². The third kappa shape index (κ3) is 8.28. The van der Waals surface area contributed by atoms with Crippen molar-refractivity contribution in [2.75, 3.05) is 0 Å². The third-order valence-electron chi connectivity index (χ3n) is 15.4. The van der Waals surface area contributed by atoms with Crippen molar-refractivity contribution in [3.05, 3.63) is 281 Å². The standard InChI is InChI=1S/C73H40N8/c1-45-11-32-59(65(37-45)79-4)60-8-6-10-71(81-68-35-25-53(49-18-14-47(43-75)15-19-49)39-63(68)64-41-55(27-36-69(64)81)51-22-30-58(78-3)31-23-51)73(60)72-56(44-76)7-5-9-70(72)80-66-33-24-52(48-16-12-46(42-74)13-17-48)38-61(66)62-40-54(26-34-67(62)80)50-20-28-57(77-2)29-21-50/h5-41H,1H3. The van der Waals surface area contributed by atoms with Gasteiger partial charge in [0.15, 0.2) is 17.1 Å². The number of rotatable bonds is 8. The van der Waals surface area contributed by atoms with E-state index in [9.17, 15) is 15.8 Å². The molecule has 0 aliphatic carbocycles. The molecule has 0 radical (unpaired) electrons. The Morgan fingerprint density at radius 1 is 0.346 bits per heavy atom. The molecule has 13 aromatic rings. The van der Waals surface area contributed by atoms with E-state index < -0.39 is 0 Å². The molecule has 0 aliphatic rings. The van der Waals surface area contributed by atoms with Gasteiger partial charge in [-0.05, 0) is 154 Å². The van der Waals surface area contributed by atoms with Gasteiger partial charge in [0.05, 0.1) is 88.1 Å². The number of aryl methyl sites for hydroxylation is 1. The van der Waals surface area contributed by atoms with Crippen molar-refractivity contribution < 1.29 is 0 Å². The minimum absolute atomic E-state index is 0.437. The van der Waals surface area contributed by atoms with Crippen LogP contribution in [0.15, 0.2) is 224 Å². The van der Waals surface area contributed by atoms with Gasteiger partial charge in [0.2, 0.25) is 0 Å². The molecule has 2 heterocycles. The monoisotopic (exact) mass is 1030 g/mol. The van der Waals surface area contributed by atoms with Crippen LogP contribution in [0.3, 0.4) is 0 Å². The van der Waals surface area contributed by atoms with Crippen LogP contribution in [0.4, 0.5) is 17.1 Å². The molecule has 0 bridgehead atoms. The molecule has 0 aliphatic heterocycles. The summed E-state index contributed by atoms with van der Waals surface area (Å²) in [7, 11) is 0. The first kappa shape index (κ1) is 48.6. The molecule has 8 nitrogen and oxygen atoms in total. The Kier molecular flexibility index (Phi) is 11.9. The Morgan fingerprint density at radius 2 is 0.728 bits per heavy atom. The van der Waals surface area contributed by atoms with Crippen LogP contribution in [0.2, 0.25) is 0 Å². The SMILES string of the molecule is [C-]#[N+]c1ccc(-c2ccc3c(c2)c2cc(-c4ccc(C#N)cc4)ccc2n3-c2cccc(C#N)c2-c2c(-c3ccc(C)cc3[N+]#[C-])cccc2-n2c3ccc(-c4ccc(C#N)cc4)cc3c3cc(-c4ccc([N+]#[C-])cc4)ccc32)cc1. The summed E-state index contributed by atoms with van der Waals surface area (Å²) in [5.41, 5.74) is 20.0. The molecule has 0 unspecified atom stereocenters. The van der Waals surface area contributed by atoms with Crippen LogP contribution in [-0.2, 0) is 0 Å². The lowest BCUT2D eigenvalue weighted by Crippen LogP contribution is -2.05. The highest BCUT2D eigenvalue weighted by atomic mass is 15.0. The predicted molar refractivity (Wildman–Crippen MR) is 325 cm³/mol. The molecule has 0 saturated carbocycles. The summed E-state index contributed by atoms with van der Waals surface area (Å²) in [6, 6.07) is 81.4. The summed E-state index contributed by atoms with van der Waals surface area (Å²) in [6.07, 6.45) is 0. The average Bonchev–Trinajstić information content (AvgIpc) is 3.96. The second-order valence-corrected chi connectivity index (χ2v) is 19.9. The molecule has 0 atom stereocenters. The quantitative estimate of drug-likeness (QED) is 0.142. The molecule has 0 spiro atoms. The van der Waals surface area contributed by atoms with Crippen molar-refractivity contribution in [1.29, 1.82) is 15.8 Å². The Morgan fingerprint density at radius 3 is 1.11 bits per heavy atom. The van der Waals surface area contributed by atoms with Gasteiger partial charge in [0.25, 0.3) is 0 Å². The molecule has 13 rings (SSSR count). The first-order valence-corrected chi connectivity index (χ1v) is 26.1. The molecular formula is C73H40N8. The third-order valence-corrected chi connectivity index (χ3v) is 15.4. The van der Waals surface area contributed by atoms with Crippen molar-refractivity contribution in [2.24, 2.45) is 0 Å². The van der Waals surface area contributed by atoms with Crippen molar-refractivity contribution in [1.82, 2.24) is 9.13 Å². The van der Waals surface area contributed by atoms with Crippen LogP contribution in [-0.4, -0.2) is 9.13 Å². The topological polar surface area (TPSA) is 94.3 Å². The van der Waals surface area contributed by atoms with Gasteiger partial charge in [0, 0.05) is 32.7 Å². The van der Waals surface area contributed by atoms with Crippen LogP contribution < -0.4 is 0 Å². The fourth-order valence-corrected chi connectivity index (χ4v) is 11.5. The summed E-state index contributed by atoms with van der Waals surface area (Å²) in [5, 5.41) is 34.8. The predicted octanol–water partition coefficient (Wildman–Crippen LogP) is 19.5. The van der Waals surface area contributed by atoms with Gasteiger partial charge < -0.3 is 9.13 Å². The summed E-state index contributed by atoms with van der Waals surface area (Å²) in [5.74, 6) is 0. The van der Waals surface area contributed by atoms with Gasteiger partial charge in [-0.1, -0.05) is 139 Å². The minimum Gasteiger partial charge on any atom is -0.309 e. The lowest BCUT2D eigenvalue weighted by molar-refractivity contribution is 1.16. The lowest BCUT2D eigenvalue weighted by atomic mass is 9.88. The van der Waals surface area contributed by atoms with Gasteiger partial charge in [-0.15, -0.1) is 0 Å². The number of aromatic nitrogens is 2. The van der Waals surface area contributed by atoms with E-state index in [1.165, 1.54) is 0 Å². The van der Waals surface area contributed by atoms with Crippen molar-refractivity contribution in [3.8, 4) is 96.3 Å². The largest absolute Gasteiger partial charge is 0.309 e. The number of nitriles is 3. The molecule has 0 fully saturated rings. The van der Waals surface area contributed by atoms with E-state index in [0.29, 0.717) is 39.3 Å². The maximum Gasteiger partial charge on any atom is 0.195 e. The first-order valence-electron chi connectivity index (χ1n) is 26.1. The normalized spacial score (nSPS) is 11.0. The highest BCUT2D eigenvalue weighted by molar-refractivity contribution is 6.15. The fraction of sp³-hybridized carbons (Fsp3) is 0.0137. The van der Waals surface area contributed by atoms with Gasteiger partial charge >= 0.3 is 0 Å². The molecule has 372 valence electrons. The van der Waals surface area contributed by atoms with Crippen LogP contribution in [0.5, 0.6) is 0 Å². The summed E-state index contributed by atoms with van der Waals surface area (Å²) >= 11 is 0. The zero-order chi connectivity index (χ0) is 55.3. The van der Waals surface area contributed by atoms with Gasteiger partial charge in [-0.3, -0.25) is 0 Å². The van der Waals surface area contributed by atoms with Crippen molar-refractivity contribution >= 4 is 60.7 Å². The number of fused-ring (bicyclic) bond motifs is 6. The van der Waals surface area contributed by atoms with E-state index in [-0.39, 0.29) is 0 Å². The molecule has 0 amide bonds. The highest BCUT2D eigenvalue weighted by Gasteiger charge is 2.27. The zero-order valence-electron chi connectivity index (χ0n) is 43.4. The Balaban J connectivity index is 1.13. The maximum absolute atomic E-state index is 11.5. The molecule has 11 aromatic carbocycles. The molecule has 81 heavy (non-hydrogen) atoms. The lowest BCUT2D eigenvalue weighted by Gasteiger charge is -2.23. The number of hydrogen-bond donors (Lipinski definition) is 0. The fourth-order valence-electron chi connectivity index (χ4n) is 11.5. The molecule has 2 aromatic heterocycles. The minimum atomic E-state index is 0.437. The molecule has 0 N–H and O–H groups in total. The summed E-state index contributed by atoms with van der Waals surface area (Å²) in [6.45, 7) is 25.7. The highest BCUT2D eigenvalue weighted by Crippen LogP contribution is 2.49. The van der Waals surface area contributed by atoms with E-state index in [2.05, 4.69) is 133 Å². The second kappa shape index (κ2) is 19.8. The van der Waals surface area contributed by atoms with Crippen LogP contribution >= 0.6 is 0 Å². The first-order chi connectivity index (χ1) is 39.8. The summed E-state index contributed by atoms with van der Waals surface area (Å²) in [4.78, 5) is 11.4. The molecular weight excluding hydrogens is 989 g/mol. The van der Waals surface area contributed by atoms with Crippen molar-refractivity contribution in [2.45, 2.75) is 6.92 Å². The average molecular weight is 1030 g/mol. The number of hydrogen-bond acceptors (Lipinski definition) is 3. The van der Waals surface area contributed by atoms with Gasteiger partial charge in [0.1, 0.15) is 0 Å². The second-order valence-electron chi connectivity index (χ2n) is 19.9. The number of nitrogens with zero attached hydrogens (tertiary/aromatic N) is 8. The van der Waals surface area contributed by atoms with Crippen LogP contribution in [0.1, 0.15) is 22.3 Å². The van der Waals surface area contributed by atoms with E-state index >= 15 is 0 Å². The van der Waals surface area contributed by atoms with Crippen LogP contribution in [0, 0.1) is 60.6 Å². The Labute approximate surface area is 467 Å². The van der Waals surface area contributed by atoms with E-state index in [1.54, 1.807) is 0 Å².